The van der Waals surface area contributed by atoms with Crippen molar-refractivity contribution in [2.24, 2.45) is 0 Å². The molecule has 0 aliphatic heterocycles. The second kappa shape index (κ2) is 11.2. The van der Waals surface area contributed by atoms with Crippen LogP contribution < -0.4 is 16.0 Å². The highest BCUT2D eigenvalue weighted by atomic mass is 16.2. The van der Waals surface area contributed by atoms with Gasteiger partial charge in [0.2, 0.25) is 5.91 Å². The van der Waals surface area contributed by atoms with Crippen molar-refractivity contribution in [3.63, 3.8) is 0 Å². The van der Waals surface area contributed by atoms with E-state index in [1.165, 1.54) is 5.56 Å². The summed E-state index contributed by atoms with van der Waals surface area (Å²) in [6, 6.07) is 19.8. The van der Waals surface area contributed by atoms with E-state index in [1.807, 2.05) is 62.4 Å². The van der Waals surface area contributed by atoms with Crippen LogP contribution in [-0.4, -0.2) is 21.9 Å². The Labute approximate surface area is 178 Å². The number of pyridine rings is 2. The third kappa shape index (κ3) is 7.06. The van der Waals surface area contributed by atoms with E-state index < -0.39 is 0 Å². The molecule has 2 aromatic heterocycles. The first-order chi connectivity index (χ1) is 14.6. The van der Waals surface area contributed by atoms with E-state index in [2.05, 4.69) is 38.1 Å². The van der Waals surface area contributed by atoms with Gasteiger partial charge in [0, 0.05) is 38.1 Å². The van der Waals surface area contributed by atoms with Gasteiger partial charge in [0.25, 0.3) is 0 Å². The normalized spacial score (nSPS) is 11.8. The molecule has 6 heteroatoms. The predicted octanol–water partition coefficient (Wildman–Crippen LogP) is 2.87. The Balaban J connectivity index is 1.37. The average Bonchev–Trinajstić information content (AvgIpc) is 2.77. The Morgan fingerprint density at radius 2 is 1.60 bits per heavy atom. The van der Waals surface area contributed by atoms with Crippen LogP contribution in [-0.2, 0) is 31.0 Å². The van der Waals surface area contributed by atoms with Crippen LogP contribution >= 0.6 is 0 Å². The molecular formula is C24H29N5O. The van der Waals surface area contributed by atoms with Gasteiger partial charge in [-0.05, 0) is 49.2 Å². The molecule has 3 rings (SSSR count). The predicted molar refractivity (Wildman–Crippen MR) is 118 cm³/mol. The molecule has 156 valence electrons. The van der Waals surface area contributed by atoms with E-state index in [4.69, 9.17) is 0 Å². The molecule has 0 fully saturated rings. The summed E-state index contributed by atoms with van der Waals surface area (Å²) in [5.41, 5.74) is 5.26. The highest BCUT2D eigenvalue weighted by Crippen LogP contribution is 2.05. The number of amides is 1. The number of aromatic nitrogens is 2. The maximum absolute atomic E-state index is 12.3. The van der Waals surface area contributed by atoms with E-state index in [9.17, 15) is 4.79 Å². The van der Waals surface area contributed by atoms with E-state index in [1.54, 1.807) is 6.20 Å². The second-order valence-electron chi connectivity index (χ2n) is 7.33. The molecule has 0 aliphatic carbocycles. The number of nitrogens with zero attached hydrogens (tertiary/aromatic N) is 2. The number of carbonyl (C=O) groups is 1. The van der Waals surface area contributed by atoms with Gasteiger partial charge in [-0.15, -0.1) is 0 Å². The van der Waals surface area contributed by atoms with Gasteiger partial charge in [0.05, 0.1) is 17.4 Å². The monoisotopic (exact) mass is 403 g/mol. The minimum Gasteiger partial charge on any atom is -0.351 e. The molecule has 0 unspecified atom stereocenters. The van der Waals surface area contributed by atoms with Crippen LogP contribution in [0.1, 0.15) is 35.1 Å². The Morgan fingerprint density at radius 3 is 2.30 bits per heavy atom. The van der Waals surface area contributed by atoms with Crippen molar-refractivity contribution in [3.05, 3.63) is 95.1 Å². The van der Waals surface area contributed by atoms with Crippen LogP contribution in [0.5, 0.6) is 0 Å². The molecule has 2 heterocycles. The third-order valence-electron chi connectivity index (χ3n) is 4.78. The molecule has 1 aromatic carbocycles. The number of rotatable bonds is 10. The number of benzene rings is 1. The summed E-state index contributed by atoms with van der Waals surface area (Å²) in [5.74, 6) is -0.0256. The van der Waals surface area contributed by atoms with Gasteiger partial charge < -0.3 is 16.0 Å². The standard InChI is InChI=1S/C24H29N5O/c1-18-6-5-8-23(29-18)16-25-14-20-9-11-21(12-10-20)15-28-24(30)19(2)27-17-22-7-3-4-13-26-22/h3-13,19,25,27H,14-17H2,1-2H3,(H,28,30)/t19-/m0/s1. The summed E-state index contributed by atoms with van der Waals surface area (Å²) in [7, 11) is 0. The highest BCUT2D eigenvalue weighted by Gasteiger charge is 2.11. The molecule has 0 spiro atoms. The summed E-state index contributed by atoms with van der Waals surface area (Å²) >= 11 is 0. The van der Waals surface area contributed by atoms with E-state index in [-0.39, 0.29) is 11.9 Å². The Bertz CT molecular complexity index is 928. The molecule has 6 nitrogen and oxygen atoms in total. The average molecular weight is 404 g/mol. The smallest absolute Gasteiger partial charge is 0.237 e. The third-order valence-corrected chi connectivity index (χ3v) is 4.78. The van der Waals surface area contributed by atoms with Crippen LogP contribution in [0.4, 0.5) is 0 Å². The molecule has 30 heavy (non-hydrogen) atoms. The van der Waals surface area contributed by atoms with Gasteiger partial charge >= 0.3 is 0 Å². The first-order valence-corrected chi connectivity index (χ1v) is 10.2. The van der Waals surface area contributed by atoms with Crippen LogP contribution in [0.3, 0.4) is 0 Å². The molecule has 3 aromatic rings. The van der Waals surface area contributed by atoms with Crippen LogP contribution in [0.2, 0.25) is 0 Å². The molecule has 0 bridgehead atoms. The zero-order chi connectivity index (χ0) is 21.2. The molecule has 0 saturated carbocycles. The van der Waals surface area contributed by atoms with Crippen molar-refractivity contribution in [1.82, 2.24) is 25.9 Å². The van der Waals surface area contributed by atoms with Gasteiger partial charge in [-0.2, -0.15) is 0 Å². The van der Waals surface area contributed by atoms with Crippen LogP contribution in [0.15, 0.2) is 66.9 Å². The van der Waals surface area contributed by atoms with Crippen LogP contribution in [0.25, 0.3) is 0 Å². The van der Waals surface area contributed by atoms with Crippen LogP contribution in [0, 0.1) is 6.92 Å². The second-order valence-corrected chi connectivity index (χ2v) is 7.33. The van der Waals surface area contributed by atoms with Crippen molar-refractivity contribution in [2.45, 2.75) is 46.1 Å². The van der Waals surface area contributed by atoms with Gasteiger partial charge in [-0.1, -0.05) is 36.4 Å². The summed E-state index contributed by atoms with van der Waals surface area (Å²) in [6.45, 7) is 6.44. The number of nitrogens with one attached hydrogen (secondary N) is 3. The zero-order valence-corrected chi connectivity index (χ0v) is 17.6. The van der Waals surface area contributed by atoms with Crippen molar-refractivity contribution in [2.75, 3.05) is 0 Å². The topological polar surface area (TPSA) is 78.9 Å². The first-order valence-electron chi connectivity index (χ1n) is 10.2. The Hall–Kier alpha value is -3.09. The van der Waals surface area contributed by atoms with E-state index in [0.717, 1.165) is 35.7 Å². The molecule has 3 N–H and O–H groups in total. The number of carbonyl (C=O) groups excluding carboxylic acids is 1. The van der Waals surface area contributed by atoms with Gasteiger partial charge in [-0.3, -0.25) is 14.8 Å². The number of hydrogen-bond donors (Lipinski definition) is 3. The lowest BCUT2D eigenvalue weighted by Crippen LogP contribution is -2.41. The molecule has 1 amide bonds. The minimum absolute atomic E-state index is 0.0256. The first kappa shape index (κ1) is 21.6. The van der Waals surface area contributed by atoms with Crippen molar-refractivity contribution in [1.29, 1.82) is 0 Å². The van der Waals surface area contributed by atoms with Crippen molar-refractivity contribution < 1.29 is 4.79 Å². The van der Waals surface area contributed by atoms with Crippen molar-refractivity contribution >= 4 is 5.91 Å². The van der Waals surface area contributed by atoms with E-state index >= 15 is 0 Å². The quantitative estimate of drug-likeness (QED) is 0.485. The fraction of sp³-hybridized carbons (Fsp3) is 0.292. The molecule has 0 radical (unpaired) electrons. The summed E-state index contributed by atoms with van der Waals surface area (Å²) < 4.78 is 0. The lowest BCUT2D eigenvalue weighted by atomic mass is 10.1. The summed E-state index contributed by atoms with van der Waals surface area (Å²) in [6.07, 6.45) is 1.75. The number of aryl methyl sites for hydroxylation is 1. The largest absolute Gasteiger partial charge is 0.351 e. The lowest BCUT2D eigenvalue weighted by molar-refractivity contribution is -0.122. The highest BCUT2D eigenvalue weighted by molar-refractivity contribution is 5.81. The Kier molecular flexibility index (Phi) is 8.06. The molecule has 1 atom stereocenters. The fourth-order valence-corrected chi connectivity index (χ4v) is 3.00. The van der Waals surface area contributed by atoms with E-state index in [0.29, 0.717) is 13.1 Å². The molecule has 0 aliphatic rings. The SMILES string of the molecule is Cc1cccc(CNCc2ccc(CNC(=O)[C@H](C)NCc3ccccn3)cc2)n1. The van der Waals surface area contributed by atoms with Crippen molar-refractivity contribution in [3.8, 4) is 0 Å². The van der Waals surface area contributed by atoms with Gasteiger partial charge in [0.15, 0.2) is 0 Å². The summed E-state index contributed by atoms with van der Waals surface area (Å²) in [4.78, 5) is 21.0. The van der Waals surface area contributed by atoms with Gasteiger partial charge in [-0.25, -0.2) is 0 Å². The number of hydrogen-bond acceptors (Lipinski definition) is 5. The van der Waals surface area contributed by atoms with Gasteiger partial charge in [0.1, 0.15) is 0 Å². The molecular weight excluding hydrogens is 374 g/mol. The minimum atomic E-state index is -0.286. The maximum Gasteiger partial charge on any atom is 0.237 e. The Morgan fingerprint density at radius 1 is 0.867 bits per heavy atom. The fourth-order valence-electron chi connectivity index (χ4n) is 3.00. The zero-order valence-electron chi connectivity index (χ0n) is 17.6. The summed E-state index contributed by atoms with van der Waals surface area (Å²) in [5, 5.41) is 9.59. The molecule has 0 saturated heterocycles. The maximum atomic E-state index is 12.3. The lowest BCUT2D eigenvalue weighted by Gasteiger charge is -2.14.